The Kier molecular flexibility index (Phi) is 2.61. The fourth-order valence-corrected chi connectivity index (χ4v) is 5.22. The predicted molar refractivity (Wildman–Crippen MR) is 101 cm³/mol. The molecule has 4 aromatic rings. The second-order valence-corrected chi connectivity index (χ2v) is 7.64. The Labute approximate surface area is 150 Å². The zero-order valence-corrected chi connectivity index (χ0v) is 14.2. The molecule has 1 saturated carbocycles. The van der Waals surface area contributed by atoms with Gasteiger partial charge in [0.25, 0.3) is 0 Å². The fourth-order valence-electron chi connectivity index (χ4n) is 5.22. The number of hydrogen-bond acceptors (Lipinski definition) is 2. The summed E-state index contributed by atoms with van der Waals surface area (Å²) in [5.74, 6) is 1.46. The first-order chi connectivity index (χ1) is 12.7. The zero-order chi connectivity index (χ0) is 17.4. The van der Waals surface area contributed by atoms with Crippen molar-refractivity contribution in [2.24, 2.45) is 11.8 Å². The van der Waals surface area contributed by atoms with Crippen LogP contribution in [0, 0.1) is 17.0 Å². The first-order valence-electron chi connectivity index (χ1n) is 9.19. The Morgan fingerprint density at radius 2 is 1.54 bits per heavy atom. The van der Waals surface area contributed by atoms with Crippen molar-refractivity contribution in [1.29, 1.82) is 0 Å². The molecule has 1 fully saturated rings. The lowest BCUT2D eigenvalue weighted by molar-refractivity contribution is -0.590. The molecule has 2 aliphatic rings. The van der Waals surface area contributed by atoms with Crippen LogP contribution in [-0.4, -0.2) is 9.94 Å². The summed E-state index contributed by atoms with van der Waals surface area (Å²) in [5, 5.41) is 28.4. The highest BCUT2D eigenvalue weighted by atomic mass is 16.5. The van der Waals surface area contributed by atoms with Crippen LogP contribution < -0.4 is 4.73 Å². The molecule has 1 N–H and O–H groups in total. The van der Waals surface area contributed by atoms with Crippen LogP contribution in [-0.2, 0) is 0 Å². The van der Waals surface area contributed by atoms with Crippen molar-refractivity contribution in [3.05, 3.63) is 71.7 Å². The van der Waals surface area contributed by atoms with Crippen molar-refractivity contribution in [3.8, 4) is 0 Å². The van der Waals surface area contributed by atoms with Crippen LogP contribution in [0.25, 0.3) is 32.6 Å². The van der Waals surface area contributed by atoms with Gasteiger partial charge in [0.1, 0.15) is 0 Å². The van der Waals surface area contributed by atoms with Crippen LogP contribution in [0.15, 0.2) is 60.7 Å². The lowest BCUT2D eigenvalue weighted by Crippen LogP contribution is -2.34. The molecule has 0 amide bonds. The number of hydrogen-bond donors (Lipinski definition) is 1. The van der Waals surface area contributed by atoms with Crippen molar-refractivity contribution in [2.45, 2.75) is 18.8 Å². The normalized spacial score (nSPS) is 24.4. The van der Waals surface area contributed by atoms with Crippen LogP contribution in [0.2, 0.25) is 0 Å². The molecule has 3 atom stereocenters. The maximum Gasteiger partial charge on any atom is 0.304 e. The van der Waals surface area contributed by atoms with Crippen molar-refractivity contribution in [1.82, 2.24) is 4.73 Å². The van der Waals surface area contributed by atoms with Gasteiger partial charge in [0.15, 0.2) is 5.52 Å². The molecule has 4 heteroatoms. The summed E-state index contributed by atoms with van der Waals surface area (Å²) in [4.78, 5) is 0. The molecule has 0 unspecified atom stereocenters. The third kappa shape index (κ3) is 1.62. The summed E-state index contributed by atoms with van der Waals surface area (Å²) in [6.07, 6.45) is 6.50. The van der Waals surface area contributed by atoms with Gasteiger partial charge in [-0.05, 0) is 52.3 Å². The van der Waals surface area contributed by atoms with Gasteiger partial charge in [-0.2, -0.15) is 0 Å². The second-order valence-electron chi connectivity index (χ2n) is 7.64. The number of imidazole rings is 1. The first kappa shape index (κ1) is 14.2. The fraction of sp³-hybridized carbons (Fsp3) is 0.227. The van der Waals surface area contributed by atoms with Crippen molar-refractivity contribution < 1.29 is 9.94 Å². The number of aromatic nitrogens is 2. The first-order valence-corrected chi connectivity index (χ1v) is 9.19. The number of benzene rings is 3. The molecule has 128 valence electrons. The lowest BCUT2D eigenvalue weighted by Gasteiger charge is -2.16. The largest absolute Gasteiger partial charge is 0.710 e. The summed E-state index contributed by atoms with van der Waals surface area (Å²) in [7, 11) is 0. The summed E-state index contributed by atoms with van der Waals surface area (Å²) >= 11 is 0. The summed E-state index contributed by atoms with van der Waals surface area (Å²) in [6, 6.07) is 16.0. The molecule has 6 rings (SSSR count). The monoisotopic (exact) mass is 342 g/mol. The number of nitrogens with zero attached hydrogens (tertiary/aromatic N) is 2. The van der Waals surface area contributed by atoms with Gasteiger partial charge in [-0.1, -0.05) is 48.6 Å². The van der Waals surface area contributed by atoms with Crippen molar-refractivity contribution in [2.75, 3.05) is 0 Å². The van der Waals surface area contributed by atoms with E-state index >= 15 is 0 Å². The molecule has 1 heterocycles. The van der Waals surface area contributed by atoms with E-state index in [2.05, 4.69) is 18.2 Å². The average molecular weight is 342 g/mol. The van der Waals surface area contributed by atoms with E-state index in [1.54, 1.807) is 0 Å². The topological polar surface area (TPSA) is 52.1 Å². The van der Waals surface area contributed by atoms with Gasteiger partial charge in [-0.25, -0.2) is 4.73 Å². The van der Waals surface area contributed by atoms with Crippen LogP contribution in [0.5, 0.6) is 0 Å². The highest BCUT2D eigenvalue weighted by Gasteiger charge is 2.44. The third-order valence-corrected chi connectivity index (χ3v) is 6.33. The van der Waals surface area contributed by atoms with Crippen molar-refractivity contribution in [3.63, 3.8) is 0 Å². The minimum absolute atomic E-state index is 0.0809. The highest BCUT2D eigenvalue weighted by Crippen LogP contribution is 2.49. The van der Waals surface area contributed by atoms with E-state index in [9.17, 15) is 10.4 Å². The summed E-state index contributed by atoms with van der Waals surface area (Å²) in [6.45, 7) is 0. The van der Waals surface area contributed by atoms with Gasteiger partial charge in [-0.15, -0.1) is 0 Å². The molecule has 0 aliphatic heterocycles. The minimum atomic E-state index is 0.0809. The summed E-state index contributed by atoms with van der Waals surface area (Å²) in [5.41, 5.74) is 1.19. The third-order valence-electron chi connectivity index (χ3n) is 6.33. The van der Waals surface area contributed by atoms with Gasteiger partial charge in [-0.3, -0.25) is 0 Å². The molecule has 0 spiro atoms. The molecule has 0 radical (unpaired) electrons. The summed E-state index contributed by atoms with van der Waals surface area (Å²) < 4.78 is 2.17. The predicted octanol–water partition coefficient (Wildman–Crippen LogP) is 4.50. The van der Waals surface area contributed by atoms with Gasteiger partial charge < -0.3 is 10.4 Å². The minimum Gasteiger partial charge on any atom is -0.710 e. The van der Waals surface area contributed by atoms with E-state index in [0.29, 0.717) is 28.7 Å². The number of allylic oxidation sites excluding steroid dienone is 2. The Bertz CT molecular complexity index is 1160. The lowest BCUT2D eigenvalue weighted by atomic mass is 9.93. The van der Waals surface area contributed by atoms with Crippen molar-refractivity contribution >= 4 is 32.6 Å². The van der Waals surface area contributed by atoms with Crippen LogP contribution >= 0.6 is 0 Å². The highest BCUT2D eigenvalue weighted by molar-refractivity contribution is 6.22. The Morgan fingerprint density at radius 3 is 2.19 bits per heavy atom. The standard InChI is InChI=1S/C22H18N2O2/c25-23-20-17-7-3-1-5-15(17)16-6-2-4-8-18(16)21(20)24(26)22(23)19-12-13-9-10-14(19)11-13/h1-10,13-14,19,25H,11-12H2/t13-,14-,19-/m0/s1. The SMILES string of the molecule is [O-][n+]1c([C@H]2C[C@H]3C=C[C@H]2C3)n(O)c2c3ccccc3c3ccccc3c21. The van der Waals surface area contributed by atoms with Gasteiger partial charge in [0.2, 0.25) is 5.52 Å². The van der Waals surface area contributed by atoms with Crippen LogP contribution in [0.4, 0.5) is 0 Å². The van der Waals surface area contributed by atoms with Gasteiger partial charge >= 0.3 is 5.82 Å². The average Bonchev–Trinajstić information content (AvgIpc) is 3.36. The molecule has 2 bridgehead atoms. The molecule has 1 aromatic heterocycles. The molecule has 2 aliphatic carbocycles. The molecule has 0 saturated heterocycles. The maximum absolute atomic E-state index is 13.4. The smallest absolute Gasteiger partial charge is 0.304 e. The molecule has 26 heavy (non-hydrogen) atoms. The Balaban J connectivity index is 1.80. The number of rotatable bonds is 1. The Hall–Kier alpha value is -3.01. The van der Waals surface area contributed by atoms with E-state index in [1.165, 1.54) is 4.73 Å². The Morgan fingerprint density at radius 1 is 0.885 bits per heavy atom. The van der Waals surface area contributed by atoms with E-state index < -0.39 is 0 Å². The maximum atomic E-state index is 13.4. The molecule has 4 nitrogen and oxygen atoms in total. The number of fused-ring (bicyclic) bond motifs is 8. The van der Waals surface area contributed by atoms with E-state index in [0.717, 1.165) is 39.1 Å². The molecule has 3 aromatic carbocycles. The molecular weight excluding hydrogens is 324 g/mol. The van der Waals surface area contributed by atoms with Crippen LogP contribution in [0.3, 0.4) is 0 Å². The molecular formula is C22H18N2O2. The quantitative estimate of drug-likeness (QED) is 0.182. The van der Waals surface area contributed by atoms with Gasteiger partial charge in [0, 0.05) is 10.8 Å². The second kappa shape index (κ2) is 4.79. The zero-order valence-electron chi connectivity index (χ0n) is 14.2. The van der Waals surface area contributed by atoms with E-state index in [4.69, 9.17) is 0 Å². The van der Waals surface area contributed by atoms with E-state index in [1.807, 2.05) is 42.5 Å². The van der Waals surface area contributed by atoms with E-state index in [-0.39, 0.29) is 5.92 Å². The van der Waals surface area contributed by atoms with Gasteiger partial charge in [0.05, 0.1) is 5.92 Å². The van der Waals surface area contributed by atoms with Crippen LogP contribution in [0.1, 0.15) is 24.6 Å².